The van der Waals surface area contributed by atoms with E-state index in [0.717, 1.165) is 105 Å². The zero-order valence-corrected chi connectivity index (χ0v) is 44.5. The number of pyridine rings is 1. The standard InChI is InChI=1S/C68H53N4O.Pt/c1-67(2,3)49-37-57(45-21-11-8-12-22-45)66-59(38-49)55-28-14-13-27-54(55)47-23-17-24-48(35-47)60-39-50(68(4,5)6)40-65(69-60)72-61-34-31-46(44-19-9-7-10-20-44)36-58(61)56-33-32-53(42-64(56)72)73-52-26-18-25-51(41-52)70-43-71(66)63-30-16-15-29-62(63)70;/h7-40,43H,1-6H3;/q-3;. The van der Waals surface area contributed by atoms with Gasteiger partial charge in [0.15, 0.2) is 0 Å². The van der Waals surface area contributed by atoms with Gasteiger partial charge in [0, 0.05) is 49.5 Å². The molecule has 5 nitrogen and oxygen atoms in total. The Morgan fingerprint density at radius 3 is 1.86 bits per heavy atom. The molecule has 364 valence electrons. The monoisotopic (exact) mass is 1140 g/mol. The van der Waals surface area contributed by atoms with Gasteiger partial charge in [-0.3, -0.25) is 0 Å². The van der Waals surface area contributed by atoms with Crippen LogP contribution < -0.4 is 0 Å². The van der Waals surface area contributed by atoms with E-state index in [-0.39, 0.29) is 31.9 Å². The summed E-state index contributed by atoms with van der Waals surface area (Å²) in [5.74, 6) is 0. The molecular weight excluding hydrogens is 1080 g/mol. The van der Waals surface area contributed by atoms with E-state index in [1.807, 2.05) is 18.2 Å². The average Bonchev–Trinajstić information content (AvgIpc) is 3.96. The molecule has 0 radical (unpaired) electrons. The van der Waals surface area contributed by atoms with Crippen LogP contribution in [0.2, 0.25) is 0 Å². The molecule has 10 bridgehead atoms. The Kier molecular flexibility index (Phi) is 11.5. The maximum absolute atomic E-state index is 6.84. The van der Waals surface area contributed by atoms with Crippen molar-refractivity contribution in [1.29, 1.82) is 0 Å². The van der Waals surface area contributed by atoms with Crippen molar-refractivity contribution >= 4 is 82.1 Å². The Bertz CT molecular complexity index is 4450. The molecule has 1 aliphatic rings. The fraction of sp³-hybridized carbons (Fsp3) is 0.118. The number of aromatic nitrogens is 4. The van der Waals surface area contributed by atoms with Crippen molar-refractivity contribution in [3.8, 4) is 33.6 Å². The van der Waals surface area contributed by atoms with Crippen LogP contribution in [-0.2, 0) is 31.9 Å². The summed E-state index contributed by atoms with van der Waals surface area (Å²) >= 11 is 0. The zero-order chi connectivity index (χ0) is 49.6. The third-order valence-electron chi connectivity index (χ3n) is 14.5. The fourth-order valence-corrected chi connectivity index (χ4v) is 10.7. The van der Waals surface area contributed by atoms with Crippen molar-refractivity contribution in [2.24, 2.45) is 0 Å². The van der Waals surface area contributed by atoms with Crippen LogP contribution in [0.3, 0.4) is 0 Å². The number of hydrogen-bond acceptors (Lipinski definition) is 2. The number of imidazole rings is 1. The smallest absolute Gasteiger partial charge is 0.136 e. The molecule has 6 heteroatoms. The van der Waals surface area contributed by atoms with Gasteiger partial charge in [-0.05, 0) is 112 Å². The minimum Gasteiger partial charge on any atom is -0.510 e. The van der Waals surface area contributed by atoms with Crippen LogP contribution >= 0.6 is 0 Å². The maximum Gasteiger partial charge on any atom is 0.136 e. The predicted octanol–water partition coefficient (Wildman–Crippen LogP) is 18.1. The van der Waals surface area contributed by atoms with Gasteiger partial charge in [-0.15, -0.1) is 29.1 Å². The van der Waals surface area contributed by atoms with Gasteiger partial charge in [0.2, 0.25) is 0 Å². The second-order valence-corrected chi connectivity index (χ2v) is 21.4. The van der Waals surface area contributed by atoms with E-state index < -0.39 is 0 Å². The summed E-state index contributed by atoms with van der Waals surface area (Å²) in [6, 6.07) is 81.7. The van der Waals surface area contributed by atoms with Crippen LogP contribution in [0.4, 0.5) is 0 Å². The Morgan fingerprint density at radius 1 is 0.459 bits per heavy atom. The van der Waals surface area contributed by atoms with Gasteiger partial charge in [-0.1, -0.05) is 199 Å². The molecule has 74 heavy (non-hydrogen) atoms. The van der Waals surface area contributed by atoms with Crippen molar-refractivity contribution in [3.63, 3.8) is 0 Å². The molecule has 13 rings (SSSR count). The quantitative estimate of drug-likeness (QED) is 0.162. The molecule has 1 aliphatic heterocycles. The second-order valence-electron chi connectivity index (χ2n) is 21.4. The van der Waals surface area contributed by atoms with Crippen molar-refractivity contribution in [2.45, 2.75) is 52.4 Å². The number of benzene rings is 9. The van der Waals surface area contributed by atoms with E-state index >= 15 is 0 Å². The number of fused-ring (bicyclic) bond motifs is 23. The number of hydrogen-bond donors (Lipinski definition) is 0. The minimum atomic E-state index is -0.188. The van der Waals surface area contributed by atoms with Gasteiger partial charge in [0.25, 0.3) is 0 Å². The van der Waals surface area contributed by atoms with Crippen LogP contribution in [0.25, 0.3) is 116 Å². The molecule has 0 saturated heterocycles. The largest absolute Gasteiger partial charge is 0.510 e. The number of rotatable bonds is 2. The first-order chi connectivity index (χ1) is 35.4. The molecule has 0 N–H and O–H groups in total. The summed E-state index contributed by atoms with van der Waals surface area (Å²) in [7, 11) is 0. The van der Waals surface area contributed by atoms with Crippen molar-refractivity contribution in [2.75, 3.05) is 0 Å². The fourth-order valence-electron chi connectivity index (χ4n) is 10.7. The van der Waals surface area contributed by atoms with E-state index in [1.165, 1.54) is 11.1 Å². The molecule has 0 atom stereocenters. The van der Waals surface area contributed by atoms with Gasteiger partial charge in [0.05, 0.1) is 5.52 Å². The summed E-state index contributed by atoms with van der Waals surface area (Å²) in [6.45, 7) is 13.7. The van der Waals surface area contributed by atoms with Crippen LogP contribution in [0.5, 0.6) is 0 Å². The van der Waals surface area contributed by atoms with Gasteiger partial charge < -0.3 is 18.0 Å². The SMILES string of the molecule is CC(C)(C)c1cc(-c2ccccc2)c2c(c1)c1ccccc1c1cccc(c1)c1cc(C(C)(C)C)cc(n1)n1c3[c-]c(ccc3c3cc(-c4ccccc4)ccc31)oc1[c-]c(ccc1)n1[cH-]n2-c2ccccc2-1.[Pt]. The summed E-state index contributed by atoms with van der Waals surface area (Å²) in [4.78, 5) is 5.63. The van der Waals surface area contributed by atoms with Gasteiger partial charge in [-0.2, -0.15) is 24.3 Å². The van der Waals surface area contributed by atoms with Crippen molar-refractivity contribution < 1.29 is 25.5 Å². The molecule has 0 amide bonds. The molecule has 0 saturated carbocycles. The predicted molar refractivity (Wildman–Crippen MR) is 305 cm³/mol. The normalized spacial score (nSPS) is 12.1. The molecule has 0 fully saturated rings. The zero-order valence-electron chi connectivity index (χ0n) is 42.2. The molecule has 4 heterocycles. The minimum absolute atomic E-state index is 0. The Hall–Kier alpha value is -8.11. The Balaban J connectivity index is 0.00000556. The first-order valence-corrected chi connectivity index (χ1v) is 25.2. The van der Waals surface area contributed by atoms with E-state index in [4.69, 9.17) is 9.40 Å². The maximum atomic E-state index is 6.84. The number of nitrogens with zero attached hydrogens (tertiary/aromatic N) is 4. The Labute approximate surface area is 445 Å². The van der Waals surface area contributed by atoms with E-state index in [1.54, 1.807) is 0 Å². The first-order valence-electron chi connectivity index (χ1n) is 25.2. The topological polar surface area (TPSA) is 40.3 Å². The molecule has 0 spiro atoms. The number of para-hydroxylation sites is 2. The molecule has 3 aromatic heterocycles. The average molecular weight is 1140 g/mol. The van der Waals surface area contributed by atoms with E-state index in [9.17, 15) is 0 Å². The first kappa shape index (κ1) is 46.9. The molecule has 0 unspecified atom stereocenters. The van der Waals surface area contributed by atoms with Gasteiger partial charge >= 0.3 is 0 Å². The molecule has 9 aromatic carbocycles. The molecule has 0 aliphatic carbocycles. The summed E-state index contributed by atoms with van der Waals surface area (Å²) in [5.41, 5.74) is 15.5. The summed E-state index contributed by atoms with van der Waals surface area (Å²) in [5, 5.41) is 7.72. The van der Waals surface area contributed by atoms with Gasteiger partial charge in [-0.25, -0.2) is 4.98 Å². The van der Waals surface area contributed by atoms with Crippen LogP contribution in [0.1, 0.15) is 52.7 Å². The van der Waals surface area contributed by atoms with E-state index in [0.29, 0.717) is 11.2 Å². The van der Waals surface area contributed by atoms with Crippen LogP contribution in [0.15, 0.2) is 217 Å². The third-order valence-corrected chi connectivity index (χ3v) is 14.5. The van der Waals surface area contributed by atoms with Gasteiger partial charge in [0.1, 0.15) is 5.65 Å². The summed E-state index contributed by atoms with van der Waals surface area (Å²) in [6.07, 6.45) is 2.22. The van der Waals surface area contributed by atoms with Crippen molar-refractivity contribution in [1.82, 2.24) is 18.5 Å². The molecular formula is C68H53N4OPt-3. The van der Waals surface area contributed by atoms with Crippen molar-refractivity contribution in [3.05, 3.63) is 236 Å². The second kappa shape index (κ2) is 18.1. The Morgan fingerprint density at radius 2 is 1.11 bits per heavy atom. The summed E-state index contributed by atoms with van der Waals surface area (Å²) < 4.78 is 13.7. The van der Waals surface area contributed by atoms with E-state index in [2.05, 4.69) is 262 Å². The molecule has 12 aromatic rings. The van der Waals surface area contributed by atoms with Crippen LogP contribution in [0, 0.1) is 12.1 Å². The van der Waals surface area contributed by atoms with Crippen LogP contribution in [-0.4, -0.2) is 18.5 Å². The third kappa shape index (κ3) is 8.17.